The molecule has 0 saturated carbocycles. The number of nitrogens with one attached hydrogen (secondary N) is 1. The van der Waals surface area contributed by atoms with Gasteiger partial charge in [0.15, 0.2) is 0 Å². The smallest absolute Gasteiger partial charge is 0.276 e. The average Bonchev–Trinajstić information content (AvgIpc) is 2.45. The highest BCUT2D eigenvalue weighted by Crippen LogP contribution is 2.28. The SMILES string of the molecule is CCCNc1cc([N+](=O)[O-])cc(N2CCCCC2C)n1. The van der Waals surface area contributed by atoms with Gasteiger partial charge in [0.25, 0.3) is 5.69 Å². The van der Waals surface area contributed by atoms with Crippen LogP contribution in [0.1, 0.15) is 39.5 Å². The second-order valence-corrected chi connectivity index (χ2v) is 5.29. The molecule has 1 aliphatic rings. The van der Waals surface area contributed by atoms with Crippen molar-refractivity contribution < 1.29 is 4.92 Å². The lowest BCUT2D eigenvalue weighted by atomic mass is 10.0. The highest BCUT2D eigenvalue weighted by Gasteiger charge is 2.22. The van der Waals surface area contributed by atoms with Crippen LogP contribution in [0, 0.1) is 10.1 Å². The number of anilines is 2. The molecule has 1 atom stereocenters. The molecule has 6 nitrogen and oxygen atoms in total. The molecular formula is C14H22N4O2. The van der Waals surface area contributed by atoms with Crippen molar-refractivity contribution in [2.45, 2.75) is 45.6 Å². The molecule has 0 amide bonds. The number of rotatable bonds is 5. The summed E-state index contributed by atoms with van der Waals surface area (Å²) >= 11 is 0. The molecule has 0 radical (unpaired) electrons. The Bertz CT molecular complexity index is 478. The Kier molecular flexibility index (Phi) is 4.76. The fourth-order valence-electron chi connectivity index (χ4n) is 2.54. The maximum Gasteiger partial charge on any atom is 0.276 e. The summed E-state index contributed by atoms with van der Waals surface area (Å²) in [5.74, 6) is 1.30. The zero-order chi connectivity index (χ0) is 14.5. The molecule has 1 N–H and O–H groups in total. The molecule has 2 heterocycles. The van der Waals surface area contributed by atoms with E-state index in [1.54, 1.807) is 6.07 Å². The topological polar surface area (TPSA) is 71.3 Å². The standard InChI is InChI=1S/C14H22N4O2/c1-3-7-15-13-9-12(18(19)20)10-14(16-13)17-8-5-4-6-11(17)2/h9-11H,3-8H2,1-2H3,(H,15,16). The van der Waals surface area contributed by atoms with Gasteiger partial charge in [0.1, 0.15) is 11.6 Å². The maximum absolute atomic E-state index is 11.1. The summed E-state index contributed by atoms with van der Waals surface area (Å²) in [6.45, 7) is 5.89. The Balaban J connectivity index is 2.30. The number of hydrogen-bond donors (Lipinski definition) is 1. The lowest BCUT2D eigenvalue weighted by Gasteiger charge is -2.34. The molecule has 1 aliphatic heterocycles. The second-order valence-electron chi connectivity index (χ2n) is 5.29. The Morgan fingerprint density at radius 1 is 1.50 bits per heavy atom. The lowest BCUT2D eigenvalue weighted by molar-refractivity contribution is -0.384. The van der Waals surface area contributed by atoms with E-state index >= 15 is 0 Å². The molecule has 0 aliphatic carbocycles. The minimum atomic E-state index is -0.350. The van der Waals surface area contributed by atoms with E-state index in [1.807, 2.05) is 0 Å². The van der Waals surface area contributed by atoms with Crippen molar-refractivity contribution in [2.75, 3.05) is 23.3 Å². The van der Waals surface area contributed by atoms with Crippen molar-refractivity contribution in [2.24, 2.45) is 0 Å². The largest absolute Gasteiger partial charge is 0.370 e. The molecule has 1 unspecified atom stereocenters. The summed E-state index contributed by atoms with van der Waals surface area (Å²) in [6, 6.07) is 3.48. The van der Waals surface area contributed by atoms with E-state index in [1.165, 1.54) is 12.5 Å². The van der Waals surface area contributed by atoms with Crippen molar-refractivity contribution in [3.8, 4) is 0 Å². The van der Waals surface area contributed by atoms with Gasteiger partial charge in [0, 0.05) is 19.1 Å². The molecule has 1 aromatic rings. The van der Waals surface area contributed by atoms with Crippen LogP contribution in [-0.2, 0) is 0 Å². The van der Waals surface area contributed by atoms with Gasteiger partial charge in [0.05, 0.1) is 17.1 Å². The van der Waals surface area contributed by atoms with Crippen molar-refractivity contribution in [1.82, 2.24) is 4.98 Å². The van der Waals surface area contributed by atoms with Crippen LogP contribution in [0.5, 0.6) is 0 Å². The Hall–Kier alpha value is -1.85. The summed E-state index contributed by atoms with van der Waals surface area (Å²) in [7, 11) is 0. The fraction of sp³-hybridized carbons (Fsp3) is 0.643. The number of aromatic nitrogens is 1. The summed E-state index contributed by atoms with van der Waals surface area (Å²) in [5.41, 5.74) is 0.103. The van der Waals surface area contributed by atoms with Crippen LogP contribution >= 0.6 is 0 Å². The lowest BCUT2D eigenvalue weighted by Crippen LogP contribution is -2.38. The third kappa shape index (κ3) is 3.37. The normalized spacial score (nSPS) is 18.9. The summed E-state index contributed by atoms with van der Waals surface area (Å²) in [5, 5.41) is 14.2. The molecule has 20 heavy (non-hydrogen) atoms. The minimum Gasteiger partial charge on any atom is -0.370 e. The van der Waals surface area contributed by atoms with E-state index in [0.717, 1.165) is 32.4 Å². The molecule has 2 rings (SSSR count). The van der Waals surface area contributed by atoms with Gasteiger partial charge in [-0.05, 0) is 32.6 Å². The quantitative estimate of drug-likeness (QED) is 0.661. The summed E-state index contributed by atoms with van der Waals surface area (Å²) in [6.07, 6.45) is 4.40. The molecule has 6 heteroatoms. The van der Waals surface area contributed by atoms with Crippen LogP contribution in [0.4, 0.5) is 17.3 Å². The van der Waals surface area contributed by atoms with Gasteiger partial charge < -0.3 is 10.2 Å². The van der Waals surface area contributed by atoms with E-state index in [4.69, 9.17) is 0 Å². The molecule has 1 aromatic heterocycles. The highest BCUT2D eigenvalue weighted by atomic mass is 16.6. The van der Waals surface area contributed by atoms with Gasteiger partial charge in [-0.2, -0.15) is 0 Å². The second kappa shape index (κ2) is 6.54. The molecule has 1 fully saturated rings. The predicted octanol–water partition coefficient (Wildman–Crippen LogP) is 3.19. The van der Waals surface area contributed by atoms with E-state index in [0.29, 0.717) is 17.7 Å². The first-order valence-corrected chi connectivity index (χ1v) is 7.28. The Morgan fingerprint density at radius 3 is 2.95 bits per heavy atom. The summed E-state index contributed by atoms with van der Waals surface area (Å²) in [4.78, 5) is 17.4. The number of nitrogens with zero attached hydrogens (tertiary/aromatic N) is 3. The van der Waals surface area contributed by atoms with Gasteiger partial charge in [-0.1, -0.05) is 6.92 Å². The number of piperidine rings is 1. The predicted molar refractivity (Wildman–Crippen MR) is 80.3 cm³/mol. The van der Waals surface area contributed by atoms with Crippen LogP contribution in [0.15, 0.2) is 12.1 Å². The van der Waals surface area contributed by atoms with Crippen LogP contribution in [0.25, 0.3) is 0 Å². The van der Waals surface area contributed by atoms with Crippen LogP contribution in [0.2, 0.25) is 0 Å². The zero-order valence-corrected chi connectivity index (χ0v) is 12.1. The molecule has 0 aromatic carbocycles. The molecule has 110 valence electrons. The van der Waals surface area contributed by atoms with Gasteiger partial charge >= 0.3 is 0 Å². The van der Waals surface area contributed by atoms with E-state index in [9.17, 15) is 10.1 Å². The Morgan fingerprint density at radius 2 is 2.30 bits per heavy atom. The first-order chi connectivity index (χ1) is 9.61. The summed E-state index contributed by atoms with van der Waals surface area (Å²) < 4.78 is 0. The first kappa shape index (κ1) is 14.6. The maximum atomic E-state index is 11.1. The third-order valence-electron chi connectivity index (χ3n) is 3.66. The first-order valence-electron chi connectivity index (χ1n) is 7.28. The third-order valence-corrected chi connectivity index (χ3v) is 3.66. The van der Waals surface area contributed by atoms with Crippen molar-refractivity contribution >= 4 is 17.3 Å². The molecule has 1 saturated heterocycles. The monoisotopic (exact) mass is 278 g/mol. The van der Waals surface area contributed by atoms with Gasteiger partial charge in [0.2, 0.25) is 0 Å². The van der Waals surface area contributed by atoms with Gasteiger partial charge in [-0.25, -0.2) is 4.98 Å². The molecule has 0 spiro atoms. The molecule has 0 bridgehead atoms. The van der Waals surface area contributed by atoms with E-state index in [-0.39, 0.29) is 10.6 Å². The minimum absolute atomic E-state index is 0.103. The zero-order valence-electron chi connectivity index (χ0n) is 12.1. The van der Waals surface area contributed by atoms with Crippen molar-refractivity contribution in [3.63, 3.8) is 0 Å². The van der Waals surface area contributed by atoms with Gasteiger partial charge in [-0.15, -0.1) is 0 Å². The molecular weight excluding hydrogens is 256 g/mol. The van der Waals surface area contributed by atoms with E-state index in [2.05, 4.69) is 29.0 Å². The van der Waals surface area contributed by atoms with Crippen LogP contribution in [0.3, 0.4) is 0 Å². The van der Waals surface area contributed by atoms with Crippen LogP contribution < -0.4 is 10.2 Å². The fourth-order valence-corrected chi connectivity index (χ4v) is 2.54. The van der Waals surface area contributed by atoms with Crippen molar-refractivity contribution in [3.05, 3.63) is 22.2 Å². The number of hydrogen-bond acceptors (Lipinski definition) is 5. The highest BCUT2D eigenvalue weighted by molar-refractivity contribution is 5.56. The van der Waals surface area contributed by atoms with Crippen molar-refractivity contribution in [1.29, 1.82) is 0 Å². The van der Waals surface area contributed by atoms with Gasteiger partial charge in [-0.3, -0.25) is 10.1 Å². The van der Waals surface area contributed by atoms with Crippen LogP contribution in [-0.4, -0.2) is 29.0 Å². The number of pyridine rings is 1. The number of nitro groups is 1. The average molecular weight is 278 g/mol. The Labute approximate surface area is 119 Å². The van der Waals surface area contributed by atoms with E-state index < -0.39 is 0 Å².